The molecule has 1 saturated heterocycles. The normalized spacial score (nSPS) is 18.7. The van der Waals surface area contributed by atoms with E-state index in [0.717, 1.165) is 30.8 Å². The van der Waals surface area contributed by atoms with Gasteiger partial charge in [-0.05, 0) is 25.0 Å². The molecule has 1 atom stereocenters. The Bertz CT molecular complexity index is 659. The number of H-pyrrole nitrogens is 1. The van der Waals surface area contributed by atoms with Crippen LogP contribution in [0.2, 0.25) is 0 Å². The van der Waals surface area contributed by atoms with Crippen LogP contribution < -0.4 is 0 Å². The zero-order valence-corrected chi connectivity index (χ0v) is 13.2. The number of aromatic amines is 1. The average Bonchev–Trinajstić information content (AvgIpc) is 3.16. The van der Waals surface area contributed by atoms with E-state index in [0.29, 0.717) is 5.69 Å². The molecule has 1 amide bonds. The maximum atomic E-state index is 12.8. The third-order valence-electron chi connectivity index (χ3n) is 4.06. The fourth-order valence-electron chi connectivity index (χ4n) is 2.78. The van der Waals surface area contributed by atoms with Gasteiger partial charge in [0.1, 0.15) is 12.0 Å². The van der Waals surface area contributed by atoms with Gasteiger partial charge in [0.25, 0.3) is 5.91 Å². The minimum absolute atomic E-state index is 0.0188. The molecule has 3 heterocycles. The first-order valence-corrected chi connectivity index (χ1v) is 7.59. The summed E-state index contributed by atoms with van der Waals surface area (Å²) in [6, 6.07) is 3.75. The highest BCUT2D eigenvalue weighted by Gasteiger charge is 2.33. The van der Waals surface area contributed by atoms with Crippen LogP contribution in [0.3, 0.4) is 0 Å². The van der Waals surface area contributed by atoms with Gasteiger partial charge in [-0.2, -0.15) is 5.10 Å². The van der Waals surface area contributed by atoms with Crippen molar-refractivity contribution in [3.05, 3.63) is 41.7 Å². The van der Waals surface area contributed by atoms with E-state index >= 15 is 0 Å². The largest absolute Gasteiger partial charge is 0.329 e. The van der Waals surface area contributed by atoms with Crippen LogP contribution in [-0.2, 0) is 5.41 Å². The van der Waals surface area contributed by atoms with Gasteiger partial charge in [-0.15, -0.1) is 0 Å². The van der Waals surface area contributed by atoms with Crippen molar-refractivity contribution < 1.29 is 4.79 Å². The van der Waals surface area contributed by atoms with Gasteiger partial charge in [-0.25, -0.2) is 9.97 Å². The lowest BCUT2D eigenvalue weighted by molar-refractivity contribution is 0.0727. The maximum Gasteiger partial charge on any atom is 0.274 e. The van der Waals surface area contributed by atoms with Crippen LogP contribution in [0.25, 0.3) is 0 Å². The van der Waals surface area contributed by atoms with Crippen molar-refractivity contribution in [1.82, 2.24) is 25.1 Å². The molecule has 2 aromatic rings. The summed E-state index contributed by atoms with van der Waals surface area (Å²) in [5, 5.41) is 7.19. The molecule has 6 heteroatoms. The van der Waals surface area contributed by atoms with Gasteiger partial charge in [0.2, 0.25) is 0 Å². The fourth-order valence-corrected chi connectivity index (χ4v) is 2.78. The minimum Gasteiger partial charge on any atom is -0.329 e. The van der Waals surface area contributed by atoms with Crippen LogP contribution in [0.15, 0.2) is 24.7 Å². The number of nitrogens with zero attached hydrogens (tertiary/aromatic N) is 4. The molecule has 0 aliphatic carbocycles. The van der Waals surface area contributed by atoms with E-state index in [4.69, 9.17) is 0 Å². The van der Waals surface area contributed by atoms with Crippen LogP contribution in [-0.4, -0.2) is 37.5 Å². The first-order valence-electron chi connectivity index (χ1n) is 7.59. The lowest BCUT2D eigenvalue weighted by Crippen LogP contribution is -2.31. The van der Waals surface area contributed by atoms with E-state index in [1.54, 1.807) is 6.20 Å². The molecule has 1 fully saturated rings. The number of hydrogen-bond acceptors (Lipinski definition) is 4. The third-order valence-corrected chi connectivity index (χ3v) is 4.06. The number of carbonyl (C=O) groups is 1. The lowest BCUT2D eigenvalue weighted by atomic mass is 9.92. The van der Waals surface area contributed by atoms with E-state index in [2.05, 4.69) is 40.9 Å². The second-order valence-electron chi connectivity index (χ2n) is 6.71. The Morgan fingerprint density at radius 3 is 2.86 bits per heavy atom. The molecule has 1 N–H and O–H groups in total. The maximum absolute atomic E-state index is 12.8. The number of hydrogen-bond donors (Lipinski definition) is 1. The van der Waals surface area contributed by atoms with E-state index in [1.165, 1.54) is 6.33 Å². The van der Waals surface area contributed by atoms with Crippen molar-refractivity contribution in [3.8, 4) is 0 Å². The molecule has 1 aliphatic heterocycles. The Hall–Kier alpha value is -2.24. The molecule has 0 radical (unpaired) electrons. The molecule has 2 aromatic heterocycles. The molecule has 116 valence electrons. The third kappa shape index (κ3) is 2.73. The summed E-state index contributed by atoms with van der Waals surface area (Å²) < 4.78 is 0. The number of carbonyl (C=O) groups excluding carboxylic acids is 1. The average molecular weight is 299 g/mol. The van der Waals surface area contributed by atoms with Crippen LogP contribution in [0.4, 0.5) is 0 Å². The summed E-state index contributed by atoms with van der Waals surface area (Å²) in [7, 11) is 0. The van der Waals surface area contributed by atoms with E-state index < -0.39 is 0 Å². The Morgan fingerprint density at radius 2 is 2.23 bits per heavy atom. The quantitative estimate of drug-likeness (QED) is 0.924. The van der Waals surface area contributed by atoms with Crippen molar-refractivity contribution in [2.24, 2.45) is 0 Å². The van der Waals surface area contributed by atoms with Gasteiger partial charge in [-0.3, -0.25) is 9.89 Å². The second kappa shape index (κ2) is 5.51. The highest BCUT2D eigenvalue weighted by atomic mass is 16.2. The van der Waals surface area contributed by atoms with Gasteiger partial charge in [0.05, 0.1) is 11.7 Å². The zero-order valence-electron chi connectivity index (χ0n) is 13.2. The summed E-state index contributed by atoms with van der Waals surface area (Å²) in [6.45, 7) is 7.02. The Balaban J connectivity index is 1.84. The standard InChI is InChI=1S/C16H21N5O/c1-16(2,3)14-9-12(19-20-14)15(22)21-8-4-5-13(21)11-6-7-17-10-18-11/h6-7,9-10,13H,4-5,8H2,1-3H3,(H,19,20)/t13-/m0/s1. The first-order chi connectivity index (χ1) is 10.5. The SMILES string of the molecule is CC(C)(C)c1cc(C(=O)N2CCC[C@H]2c2ccncn2)n[nH]1. The number of rotatable bonds is 2. The Morgan fingerprint density at radius 1 is 1.41 bits per heavy atom. The van der Waals surface area contributed by atoms with Crippen LogP contribution in [0.1, 0.15) is 61.5 Å². The van der Waals surface area contributed by atoms with Crippen molar-refractivity contribution in [2.45, 2.75) is 45.1 Å². The highest BCUT2D eigenvalue weighted by molar-refractivity contribution is 5.92. The smallest absolute Gasteiger partial charge is 0.274 e. The van der Waals surface area contributed by atoms with Crippen LogP contribution >= 0.6 is 0 Å². The number of nitrogens with one attached hydrogen (secondary N) is 1. The van der Waals surface area contributed by atoms with Crippen molar-refractivity contribution in [1.29, 1.82) is 0 Å². The molecular formula is C16H21N5O. The van der Waals surface area contributed by atoms with Crippen molar-refractivity contribution in [3.63, 3.8) is 0 Å². The number of amides is 1. The predicted octanol–water partition coefficient (Wildman–Crippen LogP) is 2.47. The predicted molar refractivity (Wildman–Crippen MR) is 82.3 cm³/mol. The lowest BCUT2D eigenvalue weighted by Gasteiger charge is -2.23. The molecule has 1 aliphatic rings. The molecule has 0 spiro atoms. The summed E-state index contributed by atoms with van der Waals surface area (Å²) in [5.41, 5.74) is 2.29. The number of aromatic nitrogens is 4. The topological polar surface area (TPSA) is 74.8 Å². The molecule has 6 nitrogen and oxygen atoms in total. The van der Waals surface area contributed by atoms with E-state index in [-0.39, 0.29) is 17.4 Å². The van der Waals surface area contributed by atoms with Crippen LogP contribution in [0, 0.1) is 0 Å². The van der Waals surface area contributed by atoms with Gasteiger partial charge in [0.15, 0.2) is 0 Å². The molecular weight excluding hydrogens is 278 g/mol. The zero-order chi connectivity index (χ0) is 15.7. The van der Waals surface area contributed by atoms with Gasteiger partial charge in [0, 0.05) is 23.9 Å². The Kier molecular flexibility index (Phi) is 3.68. The van der Waals surface area contributed by atoms with Gasteiger partial charge < -0.3 is 4.90 Å². The molecule has 0 aromatic carbocycles. The second-order valence-corrected chi connectivity index (χ2v) is 6.71. The summed E-state index contributed by atoms with van der Waals surface area (Å²) in [5.74, 6) is -0.0344. The summed E-state index contributed by atoms with van der Waals surface area (Å²) >= 11 is 0. The van der Waals surface area contributed by atoms with E-state index in [9.17, 15) is 4.79 Å². The molecule has 0 saturated carbocycles. The van der Waals surface area contributed by atoms with Gasteiger partial charge >= 0.3 is 0 Å². The molecule has 22 heavy (non-hydrogen) atoms. The fraction of sp³-hybridized carbons (Fsp3) is 0.500. The number of likely N-dealkylation sites (tertiary alicyclic amines) is 1. The molecule has 0 unspecified atom stereocenters. The van der Waals surface area contributed by atoms with Crippen molar-refractivity contribution >= 4 is 5.91 Å². The molecule has 0 bridgehead atoms. The highest BCUT2D eigenvalue weighted by Crippen LogP contribution is 2.32. The first kappa shape index (κ1) is 14.7. The minimum atomic E-state index is -0.0530. The molecule has 3 rings (SSSR count). The van der Waals surface area contributed by atoms with Crippen molar-refractivity contribution in [2.75, 3.05) is 6.54 Å². The summed E-state index contributed by atoms with van der Waals surface area (Å²) in [6.07, 6.45) is 5.16. The Labute approximate surface area is 130 Å². The van der Waals surface area contributed by atoms with Crippen LogP contribution in [0.5, 0.6) is 0 Å². The monoisotopic (exact) mass is 299 g/mol. The van der Waals surface area contributed by atoms with E-state index in [1.807, 2.05) is 17.0 Å². The van der Waals surface area contributed by atoms with Gasteiger partial charge in [-0.1, -0.05) is 20.8 Å². The summed E-state index contributed by atoms with van der Waals surface area (Å²) in [4.78, 5) is 22.9.